The molecule has 0 spiro atoms. The maximum absolute atomic E-state index is 10.6. The van der Waals surface area contributed by atoms with Crippen LogP contribution in [0.4, 0.5) is 0 Å². The van der Waals surface area contributed by atoms with Gasteiger partial charge in [0.05, 0.1) is 0 Å². The first kappa shape index (κ1) is 20.0. The van der Waals surface area contributed by atoms with Crippen LogP contribution in [-0.4, -0.2) is 46.6 Å². The quantitative estimate of drug-likeness (QED) is 0.430. The van der Waals surface area contributed by atoms with Crippen LogP contribution in [0.3, 0.4) is 0 Å². The van der Waals surface area contributed by atoms with Crippen molar-refractivity contribution in [2.24, 2.45) is 5.73 Å². The lowest BCUT2D eigenvalue weighted by atomic mass is 10.2. The summed E-state index contributed by atoms with van der Waals surface area (Å²) < 4.78 is 10.6. The van der Waals surface area contributed by atoms with E-state index in [0.717, 1.165) is 0 Å². The normalized spacial score (nSPS) is 15.0. The van der Waals surface area contributed by atoms with E-state index in [-0.39, 0.29) is 25.3 Å². The molecule has 0 radical (unpaired) electrons. The molecule has 2 atom stereocenters. The first-order chi connectivity index (χ1) is 6.24. The number of aliphatic hydroxyl groups excluding tert-OH is 1. The van der Waals surface area contributed by atoms with Crippen molar-refractivity contribution in [2.75, 3.05) is 19.4 Å². The van der Waals surface area contributed by atoms with Gasteiger partial charge in [-0.3, -0.25) is 9.36 Å². The largest absolute Gasteiger partial charge is 0.480 e. The van der Waals surface area contributed by atoms with Gasteiger partial charge in [-0.15, -0.1) is 0 Å². The maximum atomic E-state index is 10.6. The average Bonchev–Trinajstić information content (AvgIpc) is 2.00. The Balaban J connectivity index is -0.000000320. The van der Waals surface area contributed by atoms with Crippen LogP contribution in [0.1, 0.15) is 13.3 Å². The lowest BCUT2D eigenvalue weighted by Gasteiger charge is -2.07. The average molecular weight is 244 g/mol. The molecule has 0 saturated heterocycles. The van der Waals surface area contributed by atoms with Crippen LogP contribution >= 0.6 is 7.37 Å². The Morgan fingerprint density at radius 1 is 1.53 bits per heavy atom. The third kappa shape index (κ3) is 19.8. The summed E-state index contributed by atoms with van der Waals surface area (Å²) in [7, 11) is -3.10. The Morgan fingerprint density at radius 3 is 2.07 bits per heavy atom. The maximum Gasteiger partial charge on any atom is 0.320 e. The number of carboxylic acid groups (broad SMARTS) is 1. The van der Waals surface area contributed by atoms with Gasteiger partial charge < -0.3 is 27.0 Å². The number of aliphatic carboxylic acids is 1. The lowest BCUT2D eigenvalue weighted by Crippen LogP contribution is -2.30. The first-order valence-electron chi connectivity index (χ1n) is 4.13. The second-order valence-electron chi connectivity index (χ2n) is 2.82. The fraction of sp³-hybridized carbons (Fsp3) is 0.857. The second kappa shape index (κ2) is 10.1. The van der Waals surface area contributed by atoms with Gasteiger partial charge in [-0.05, 0) is 13.3 Å². The Hall–Kier alpha value is -0.460. The van der Waals surface area contributed by atoms with Crippen molar-refractivity contribution >= 4 is 13.3 Å². The van der Waals surface area contributed by atoms with Gasteiger partial charge >= 0.3 is 5.97 Å². The van der Waals surface area contributed by atoms with Gasteiger partial charge in [-0.2, -0.15) is 0 Å². The zero-order valence-electron chi connectivity index (χ0n) is 9.09. The molecule has 15 heavy (non-hydrogen) atoms. The number of hydrogen-bond acceptors (Lipinski definition) is 5. The van der Waals surface area contributed by atoms with Crippen molar-refractivity contribution in [3.05, 3.63) is 0 Å². The van der Waals surface area contributed by atoms with E-state index in [0.29, 0.717) is 0 Å². The molecule has 8 heteroatoms. The van der Waals surface area contributed by atoms with E-state index in [1.54, 1.807) is 6.92 Å². The zero-order valence-corrected chi connectivity index (χ0v) is 9.98. The van der Waals surface area contributed by atoms with Crippen molar-refractivity contribution in [2.45, 2.75) is 19.4 Å². The minimum Gasteiger partial charge on any atom is -0.480 e. The molecule has 7 nitrogen and oxygen atoms in total. The standard InChI is InChI=1S/C5H12NO4P.C2H6O.H3N/c1-11(9,10)3-2-4(6)5(7)8;1-2-3;/h4H,2-3,6H2,1H3,(H,7,8)(H,9,10);3H,2H2,1H3;1H3. The minimum atomic E-state index is -3.10. The summed E-state index contributed by atoms with van der Waals surface area (Å²) in [6, 6.07) is -1.03. The third-order valence-corrected chi connectivity index (χ3v) is 2.26. The van der Waals surface area contributed by atoms with E-state index in [4.69, 9.17) is 20.8 Å². The van der Waals surface area contributed by atoms with Gasteiger partial charge in [0, 0.05) is 19.4 Å². The molecule has 0 rings (SSSR count). The zero-order chi connectivity index (χ0) is 11.8. The lowest BCUT2D eigenvalue weighted by molar-refractivity contribution is -0.138. The van der Waals surface area contributed by atoms with Gasteiger partial charge in [0.25, 0.3) is 0 Å². The van der Waals surface area contributed by atoms with Gasteiger partial charge in [-0.25, -0.2) is 0 Å². The van der Waals surface area contributed by atoms with Crippen molar-refractivity contribution in [1.82, 2.24) is 6.15 Å². The molecule has 0 aromatic rings. The third-order valence-electron chi connectivity index (χ3n) is 1.17. The molecule has 94 valence electrons. The molecule has 0 amide bonds. The number of nitrogens with two attached hydrogens (primary N) is 1. The summed E-state index contributed by atoms with van der Waals surface area (Å²) in [4.78, 5) is 18.9. The SMILES string of the molecule is CCO.CP(=O)(O)CCC(N)C(=O)O.N. The van der Waals surface area contributed by atoms with E-state index in [2.05, 4.69) is 0 Å². The number of carboxylic acids is 1. The first-order valence-corrected chi connectivity index (χ1v) is 6.42. The molecule has 0 saturated carbocycles. The van der Waals surface area contributed by atoms with Gasteiger partial charge in [0.15, 0.2) is 7.37 Å². The highest BCUT2D eigenvalue weighted by Gasteiger charge is 2.16. The molecule has 0 heterocycles. The van der Waals surface area contributed by atoms with Crippen LogP contribution < -0.4 is 11.9 Å². The summed E-state index contributed by atoms with van der Waals surface area (Å²) in [6.07, 6.45) is 0.0000772. The fourth-order valence-electron chi connectivity index (χ4n) is 0.502. The van der Waals surface area contributed by atoms with E-state index >= 15 is 0 Å². The van der Waals surface area contributed by atoms with Gasteiger partial charge in [0.2, 0.25) is 0 Å². The van der Waals surface area contributed by atoms with Crippen LogP contribution in [0.2, 0.25) is 0 Å². The monoisotopic (exact) mass is 244 g/mol. The van der Waals surface area contributed by atoms with Gasteiger partial charge in [-0.1, -0.05) is 0 Å². The molecule has 0 fully saturated rings. The number of hydrogen-bond donors (Lipinski definition) is 5. The Labute approximate surface area is 89.3 Å². The highest BCUT2D eigenvalue weighted by Crippen LogP contribution is 2.35. The summed E-state index contributed by atoms with van der Waals surface area (Å²) in [5.41, 5.74) is 5.09. The van der Waals surface area contributed by atoms with E-state index in [1.807, 2.05) is 0 Å². The van der Waals surface area contributed by atoms with Crippen LogP contribution in [-0.2, 0) is 9.36 Å². The molecule has 2 unspecified atom stereocenters. The Kier molecular flexibility index (Phi) is 13.4. The summed E-state index contributed by atoms with van der Waals surface area (Å²) >= 11 is 0. The second-order valence-corrected chi connectivity index (χ2v) is 5.37. The molecular formula is C7H21N2O5P. The number of carbonyl (C=O) groups is 1. The molecule has 0 aromatic heterocycles. The van der Waals surface area contributed by atoms with Crippen molar-refractivity contribution in [3.63, 3.8) is 0 Å². The van der Waals surface area contributed by atoms with Crippen molar-refractivity contribution in [1.29, 1.82) is 0 Å². The van der Waals surface area contributed by atoms with Crippen LogP contribution in [0.15, 0.2) is 0 Å². The smallest absolute Gasteiger partial charge is 0.320 e. The van der Waals surface area contributed by atoms with E-state index in [1.165, 1.54) is 6.66 Å². The summed E-state index contributed by atoms with van der Waals surface area (Å²) in [6.45, 7) is 3.11. The Morgan fingerprint density at radius 2 is 1.87 bits per heavy atom. The van der Waals surface area contributed by atoms with Gasteiger partial charge in [0.1, 0.15) is 6.04 Å². The molecule has 0 aliphatic heterocycles. The molecule has 0 bridgehead atoms. The molecule has 0 aromatic carbocycles. The molecule has 8 N–H and O–H groups in total. The van der Waals surface area contributed by atoms with E-state index < -0.39 is 19.4 Å². The molecule has 0 aliphatic rings. The molecule has 0 aliphatic carbocycles. The highest BCUT2D eigenvalue weighted by molar-refractivity contribution is 7.57. The molecular weight excluding hydrogens is 223 g/mol. The predicted molar refractivity (Wildman–Crippen MR) is 58.6 cm³/mol. The Bertz CT molecular complexity index is 206. The number of rotatable bonds is 4. The number of aliphatic hydroxyl groups is 1. The van der Waals surface area contributed by atoms with Crippen LogP contribution in [0, 0.1) is 0 Å². The summed E-state index contributed by atoms with van der Waals surface area (Å²) in [5, 5.41) is 15.9. The van der Waals surface area contributed by atoms with Crippen molar-refractivity contribution < 1.29 is 24.5 Å². The minimum absolute atomic E-state index is 0. The predicted octanol–water partition coefficient (Wildman–Crippen LogP) is -0.151. The van der Waals surface area contributed by atoms with Crippen molar-refractivity contribution in [3.8, 4) is 0 Å². The topological polar surface area (TPSA) is 156 Å². The van der Waals surface area contributed by atoms with E-state index in [9.17, 15) is 9.36 Å². The van der Waals surface area contributed by atoms with Crippen LogP contribution in [0.5, 0.6) is 0 Å². The fourth-order valence-corrected chi connectivity index (χ4v) is 1.26. The summed E-state index contributed by atoms with van der Waals surface area (Å²) in [5.74, 6) is -1.14. The van der Waals surface area contributed by atoms with Crippen LogP contribution in [0.25, 0.3) is 0 Å². The highest BCUT2D eigenvalue weighted by atomic mass is 31.2.